The van der Waals surface area contributed by atoms with Crippen molar-refractivity contribution in [1.82, 2.24) is 14.9 Å². The van der Waals surface area contributed by atoms with Gasteiger partial charge < -0.3 is 14.6 Å². The second kappa shape index (κ2) is 9.24. The number of hydrogen-bond acceptors (Lipinski definition) is 4. The first kappa shape index (κ1) is 19.8. The fourth-order valence-corrected chi connectivity index (χ4v) is 4.21. The Morgan fingerprint density at radius 2 is 2.28 bits per heavy atom. The van der Waals surface area contributed by atoms with Crippen LogP contribution >= 0.6 is 0 Å². The third-order valence-corrected chi connectivity index (χ3v) is 6.37. The van der Waals surface area contributed by atoms with Crippen molar-refractivity contribution in [1.29, 1.82) is 0 Å². The van der Waals surface area contributed by atoms with E-state index in [9.17, 15) is 8.42 Å². The van der Waals surface area contributed by atoms with Crippen molar-refractivity contribution in [2.75, 3.05) is 26.2 Å². The van der Waals surface area contributed by atoms with Crippen LogP contribution in [0.15, 0.2) is 27.8 Å². The van der Waals surface area contributed by atoms with E-state index in [4.69, 9.17) is 4.42 Å². The molecule has 2 N–H and O–H groups in total. The van der Waals surface area contributed by atoms with E-state index in [-0.39, 0.29) is 11.3 Å². The maximum atomic E-state index is 12.2. The number of likely N-dealkylation sites (tertiary alicyclic amines) is 1. The highest BCUT2D eigenvalue weighted by Gasteiger charge is 2.34. The van der Waals surface area contributed by atoms with E-state index in [0.29, 0.717) is 32.6 Å². The number of rotatable bonds is 8. The summed E-state index contributed by atoms with van der Waals surface area (Å²) >= 11 is 0. The molecule has 7 nitrogen and oxygen atoms in total. The molecule has 1 aliphatic heterocycles. The number of hydrogen-bond donors (Lipinski definition) is 2. The monoisotopic (exact) mass is 370 g/mol. The van der Waals surface area contributed by atoms with Gasteiger partial charge in [0.2, 0.25) is 10.0 Å². The van der Waals surface area contributed by atoms with Gasteiger partial charge >= 0.3 is 0 Å². The Kier molecular flexibility index (Phi) is 7.31. The fourth-order valence-electron chi connectivity index (χ4n) is 2.78. The van der Waals surface area contributed by atoms with E-state index >= 15 is 0 Å². The number of sulfonamides is 1. The summed E-state index contributed by atoms with van der Waals surface area (Å²) in [6, 6.07) is 4.09. The van der Waals surface area contributed by atoms with E-state index in [0.717, 1.165) is 24.6 Å². The molecule has 2 rings (SSSR count). The van der Waals surface area contributed by atoms with Gasteiger partial charge in [-0.15, -0.1) is 0 Å². The number of guanidine groups is 1. The van der Waals surface area contributed by atoms with Crippen molar-refractivity contribution in [3.05, 3.63) is 24.2 Å². The Balaban J connectivity index is 2.02. The minimum absolute atomic E-state index is 0.284. The maximum Gasteiger partial charge on any atom is 0.216 e. The predicted molar refractivity (Wildman–Crippen MR) is 100 cm³/mol. The molecule has 2 unspecified atom stereocenters. The van der Waals surface area contributed by atoms with Crippen LogP contribution in [0, 0.1) is 0 Å². The Hall–Kier alpha value is -1.54. The van der Waals surface area contributed by atoms with Gasteiger partial charge in [-0.25, -0.2) is 13.1 Å². The van der Waals surface area contributed by atoms with Crippen LogP contribution in [0.4, 0.5) is 0 Å². The molecule has 25 heavy (non-hydrogen) atoms. The summed E-state index contributed by atoms with van der Waals surface area (Å²) in [6.07, 6.45) is 3.98. The smallest absolute Gasteiger partial charge is 0.216 e. The third-order valence-electron chi connectivity index (χ3n) is 4.42. The summed E-state index contributed by atoms with van der Waals surface area (Å²) in [6.45, 7) is 8.21. The molecule has 1 fully saturated rings. The van der Waals surface area contributed by atoms with Gasteiger partial charge in [0.25, 0.3) is 0 Å². The van der Waals surface area contributed by atoms with Crippen LogP contribution in [0.2, 0.25) is 0 Å². The van der Waals surface area contributed by atoms with Gasteiger partial charge in [-0.05, 0) is 31.9 Å². The number of aliphatic imine (C=N–C) groups is 1. The first-order chi connectivity index (χ1) is 12.0. The molecule has 0 bridgehead atoms. The molecule has 0 saturated carbocycles. The van der Waals surface area contributed by atoms with Crippen molar-refractivity contribution in [2.45, 2.75) is 51.3 Å². The molecule has 142 valence electrons. The quantitative estimate of drug-likeness (QED) is 0.536. The van der Waals surface area contributed by atoms with Crippen molar-refractivity contribution >= 4 is 16.0 Å². The average molecular weight is 371 g/mol. The summed E-state index contributed by atoms with van der Waals surface area (Å²) in [5.41, 5.74) is 0. The lowest BCUT2D eigenvalue weighted by Crippen LogP contribution is -2.45. The molecule has 2 heterocycles. The van der Waals surface area contributed by atoms with E-state index in [2.05, 4.69) is 28.9 Å². The Morgan fingerprint density at radius 1 is 1.48 bits per heavy atom. The molecule has 0 radical (unpaired) electrons. The molecule has 1 saturated heterocycles. The van der Waals surface area contributed by atoms with Gasteiger partial charge in [-0.2, -0.15) is 0 Å². The Bertz CT molecular complexity index is 643. The van der Waals surface area contributed by atoms with E-state index in [1.165, 1.54) is 0 Å². The van der Waals surface area contributed by atoms with Gasteiger partial charge in [-0.3, -0.25) is 4.99 Å². The highest BCUT2D eigenvalue weighted by atomic mass is 32.2. The molecule has 2 atom stereocenters. The zero-order valence-corrected chi connectivity index (χ0v) is 16.2. The molecular formula is C17H30N4O3S. The first-order valence-corrected chi connectivity index (χ1v) is 10.6. The summed E-state index contributed by atoms with van der Waals surface area (Å²) < 4.78 is 32.4. The first-order valence-electron chi connectivity index (χ1n) is 9.03. The lowest BCUT2D eigenvalue weighted by molar-refractivity contribution is 0.469. The largest absolute Gasteiger partial charge is 0.469 e. The summed E-state index contributed by atoms with van der Waals surface area (Å²) in [7, 11) is -3.26. The minimum atomic E-state index is -3.26. The van der Waals surface area contributed by atoms with Gasteiger partial charge in [0, 0.05) is 38.6 Å². The van der Waals surface area contributed by atoms with Crippen LogP contribution in [0.1, 0.15) is 39.4 Å². The van der Waals surface area contributed by atoms with Crippen LogP contribution in [0.25, 0.3) is 0 Å². The van der Waals surface area contributed by atoms with E-state index < -0.39 is 10.0 Å². The SMILES string of the molecule is CCNS(=O)(=O)C1CCN(C(=NCCc2ccco2)NC(C)CC)C1. The van der Waals surface area contributed by atoms with Crippen LogP contribution in [-0.2, 0) is 16.4 Å². The zero-order chi connectivity index (χ0) is 18.3. The molecule has 0 aromatic carbocycles. The maximum absolute atomic E-state index is 12.2. The van der Waals surface area contributed by atoms with Crippen LogP contribution < -0.4 is 10.0 Å². The van der Waals surface area contributed by atoms with Crippen molar-refractivity contribution in [2.24, 2.45) is 4.99 Å². The molecule has 1 aliphatic rings. The Morgan fingerprint density at radius 3 is 2.92 bits per heavy atom. The van der Waals surface area contributed by atoms with Crippen LogP contribution in [0.3, 0.4) is 0 Å². The third kappa shape index (κ3) is 5.74. The van der Waals surface area contributed by atoms with Gasteiger partial charge in [0.05, 0.1) is 11.5 Å². The van der Waals surface area contributed by atoms with Gasteiger partial charge in [0.15, 0.2) is 5.96 Å². The summed E-state index contributed by atoms with van der Waals surface area (Å²) in [5.74, 6) is 1.69. The van der Waals surface area contributed by atoms with Gasteiger partial charge in [-0.1, -0.05) is 13.8 Å². The zero-order valence-electron chi connectivity index (χ0n) is 15.4. The van der Waals surface area contributed by atoms with Crippen molar-refractivity contribution in [3.8, 4) is 0 Å². The summed E-state index contributed by atoms with van der Waals surface area (Å²) in [4.78, 5) is 6.74. The van der Waals surface area contributed by atoms with Crippen LogP contribution in [-0.4, -0.2) is 56.7 Å². The fraction of sp³-hybridized carbons (Fsp3) is 0.706. The Labute approximate surface area is 150 Å². The van der Waals surface area contributed by atoms with Crippen molar-refractivity contribution in [3.63, 3.8) is 0 Å². The molecule has 0 aliphatic carbocycles. The second-order valence-electron chi connectivity index (χ2n) is 6.39. The van der Waals surface area contributed by atoms with E-state index in [1.54, 1.807) is 13.2 Å². The minimum Gasteiger partial charge on any atom is -0.469 e. The predicted octanol–water partition coefficient (Wildman–Crippen LogP) is 1.58. The highest BCUT2D eigenvalue weighted by molar-refractivity contribution is 7.90. The number of nitrogens with zero attached hydrogens (tertiary/aromatic N) is 2. The van der Waals surface area contributed by atoms with Crippen molar-refractivity contribution < 1.29 is 12.8 Å². The molecular weight excluding hydrogens is 340 g/mol. The molecule has 0 amide bonds. The van der Waals surface area contributed by atoms with Crippen LogP contribution in [0.5, 0.6) is 0 Å². The second-order valence-corrected chi connectivity index (χ2v) is 8.43. The van der Waals surface area contributed by atoms with Gasteiger partial charge in [0.1, 0.15) is 5.76 Å². The highest BCUT2D eigenvalue weighted by Crippen LogP contribution is 2.16. The molecule has 8 heteroatoms. The molecule has 1 aromatic rings. The normalized spacial score (nSPS) is 20.0. The van der Waals surface area contributed by atoms with E-state index in [1.807, 2.05) is 17.0 Å². The standard InChI is InChI=1S/C17H30N4O3S/c1-4-14(3)20-17(18-10-8-15-7-6-12-24-15)21-11-9-16(13-21)25(22,23)19-5-2/h6-7,12,14,16,19H,4-5,8-11,13H2,1-3H3,(H,18,20). The molecule has 1 aromatic heterocycles. The molecule has 0 spiro atoms. The lowest BCUT2D eigenvalue weighted by Gasteiger charge is -2.25. The lowest BCUT2D eigenvalue weighted by atomic mass is 10.3. The topological polar surface area (TPSA) is 86.9 Å². The number of nitrogens with one attached hydrogen (secondary N) is 2. The number of furan rings is 1. The average Bonchev–Trinajstić information content (AvgIpc) is 3.25. The summed E-state index contributed by atoms with van der Waals surface area (Å²) in [5, 5.41) is 3.04.